The summed E-state index contributed by atoms with van der Waals surface area (Å²) in [4.78, 5) is 0. The first-order valence-corrected chi connectivity index (χ1v) is 2.42. The fraction of sp³-hybridized carbons (Fsp3) is 0.250. The van der Waals surface area contributed by atoms with Crippen LogP contribution in [0.25, 0.3) is 0 Å². The molecule has 8 heavy (non-hydrogen) atoms. The zero-order valence-corrected chi connectivity index (χ0v) is 4.70. The average Bonchev–Trinajstić information content (AvgIpc) is 2.14. The molecule has 0 spiro atoms. The van der Waals surface area contributed by atoms with Gasteiger partial charge in [-0.1, -0.05) is 0 Å². The van der Waals surface area contributed by atoms with Crippen molar-refractivity contribution in [3.05, 3.63) is 12.3 Å². The van der Waals surface area contributed by atoms with Crippen LogP contribution in [0.5, 0.6) is 0 Å². The summed E-state index contributed by atoms with van der Waals surface area (Å²) in [7, 11) is 1.86. The van der Waals surface area contributed by atoms with Gasteiger partial charge in [0, 0.05) is 18.8 Å². The van der Waals surface area contributed by atoms with E-state index < -0.39 is 0 Å². The van der Waals surface area contributed by atoms with Gasteiger partial charge in [0.1, 0.15) is 0 Å². The molecule has 0 aromatic carbocycles. The van der Waals surface area contributed by atoms with E-state index in [0.717, 1.165) is 5.59 Å². The summed E-state index contributed by atoms with van der Waals surface area (Å²) in [6.45, 7) is 0. The Morgan fingerprint density at radius 2 is 2.62 bits per heavy atom. The largest absolute Gasteiger partial charge is 0.448 e. The summed E-state index contributed by atoms with van der Waals surface area (Å²) in [5, 5.41) is 12.4. The van der Waals surface area contributed by atoms with Gasteiger partial charge in [-0.05, 0) is 6.07 Å². The van der Waals surface area contributed by atoms with Crippen LogP contribution < -0.4 is 5.59 Å². The van der Waals surface area contributed by atoms with Crippen LogP contribution in [0.15, 0.2) is 12.3 Å². The zero-order chi connectivity index (χ0) is 5.98. The summed E-state index contributed by atoms with van der Waals surface area (Å²) in [6, 6.07) is 1.78. The zero-order valence-electron chi connectivity index (χ0n) is 4.70. The number of aryl methyl sites for hydroxylation is 1. The highest BCUT2D eigenvalue weighted by Gasteiger charge is 1.94. The monoisotopic (exact) mass is 110 g/mol. The molecule has 4 heteroatoms. The molecule has 0 amide bonds. The van der Waals surface area contributed by atoms with Gasteiger partial charge < -0.3 is 5.02 Å². The van der Waals surface area contributed by atoms with E-state index >= 15 is 0 Å². The second kappa shape index (κ2) is 2.00. The van der Waals surface area contributed by atoms with Crippen molar-refractivity contribution in [3.63, 3.8) is 0 Å². The first-order chi connectivity index (χ1) is 3.84. The third kappa shape index (κ3) is 0.744. The minimum atomic E-state index is 0.0660. The smallest absolute Gasteiger partial charge is 0.324 e. The minimum Gasteiger partial charge on any atom is -0.448 e. The number of rotatable bonds is 1. The van der Waals surface area contributed by atoms with Crippen LogP contribution in [0, 0.1) is 0 Å². The van der Waals surface area contributed by atoms with Crippen molar-refractivity contribution < 1.29 is 5.02 Å². The Hall–Kier alpha value is -0.765. The van der Waals surface area contributed by atoms with Gasteiger partial charge in [-0.15, -0.1) is 0 Å². The lowest BCUT2D eigenvalue weighted by molar-refractivity contribution is 0.609. The van der Waals surface area contributed by atoms with E-state index in [4.69, 9.17) is 5.02 Å². The summed E-state index contributed by atoms with van der Waals surface area (Å²) >= 11 is 0. The lowest BCUT2D eigenvalue weighted by atomic mass is 9.97. The number of aromatic nitrogens is 2. The highest BCUT2D eigenvalue weighted by Crippen LogP contribution is 1.71. The topological polar surface area (TPSA) is 38.0 Å². The standard InChI is InChI=1S/C4H7BN2O/c1-7-4(5-8)2-3-6-7/h2-3,5,8H,1H3. The molecule has 1 rings (SSSR count). The minimum absolute atomic E-state index is 0.0660. The second-order valence-electron chi connectivity index (χ2n) is 1.60. The molecule has 0 fully saturated rings. The maximum atomic E-state index is 8.55. The fourth-order valence-corrected chi connectivity index (χ4v) is 0.556. The summed E-state index contributed by atoms with van der Waals surface area (Å²) in [6.07, 6.45) is 1.66. The average molecular weight is 110 g/mol. The van der Waals surface area contributed by atoms with E-state index in [1.54, 1.807) is 24.0 Å². The van der Waals surface area contributed by atoms with Gasteiger partial charge >= 0.3 is 7.48 Å². The molecule has 1 N–H and O–H groups in total. The molecule has 42 valence electrons. The van der Waals surface area contributed by atoms with Crippen molar-refractivity contribution in [2.75, 3.05) is 0 Å². The van der Waals surface area contributed by atoms with Gasteiger partial charge in [0.05, 0.1) is 0 Å². The van der Waals surface area contributed by atoms with E-state index in [0.29, 0.717) is 0 Å². The SMILES string of the molecule is Cn1nccc1BO. The number of hydrogen-bond donors (Lipinski definition) is 1. The molecule has 0 saturated heterocycles. The molecule has 0 aliphatic rings. The summed E-state index contributed by atoms with van der Waals surface area (Å²) in [5.41, 5.74) is 0.838. The highest BCUT2D eigenvalue weighted by atomic mass is 16.2. The Balaban J connectivity index is 2.92. The fourth-order valence-electron chi connectivity index (χ4n) is 0.556. The van der Waals surface area contributed by atoms with Gasteiger partial charge in [-0.2, -0.15) is 5.10 Å². The third-order valence-electron chi connectivity index (χ3n) is 1.08. The van der Waals surface area contributed by atoms with Crippen molar-refractivity contribution in [2.24, 2.45) is 7.05 Å². The maximum Gasteiger partial charge on any atom is 0.324 e. The second-order valence-corrected chi connectivity index (χ2v) is 1.60. The predicted molar refractivity (Wildman–Crippen MR) is 32.2 cm³/mol. The first kappa shape index (κ1) is 5.37. The van der Waals surface area contributed by atoms with Crippen LogP contribution in [0.2, 0.25) is 0 Å². The van der Waals surface area contributed by atoms with Crippen molar-refractivity contribution in [1.29, 1.82) is 0 Å². The molecule has 0 saturated carbocycles. The van der Waals surface area contributed by atoms with Gasteiger partial charge in [0.25, 0.3) is 0 Å². The van der Waals surface area contributed by atoms with Gasteiger partial charge in [-0.25, -0.2) is 0 Å². The Kier molecular flexibility index (Phi) is 1.35. The Bertz CT molecular complexity index is 174. The highest BCUT2D eigenvalue weighted by molar-refractivity contribution is 6.44. The quantitative estimate of drug-likeness (QED) is 0.441. The van der Waals surface area contributed by atoms with Gasteiger partial charge in [0.15, 0.2) is 0 Å². The normalized spacial score (nSPS) is 9.25. The van der Waals surface area contributed by atoms with Crippen molar-refractivity contribution in [3.8, 4) is 0 Å². The predicted octanol–water partition coefficient (Wildman–Crippen LogP) is -1.61. The van der Waals surface area contributed by atoms with Crippen LogP contribution in [-0.4, -0.2) is 22.3 Å². The molecule has 0 atom stereocenters. The number of hydrogen-bond acceptors (Lipinski definition) is 2. The van der Waals surface area contributed by atoms with Gasteiger partial charge in [0.2, 0.25) is 0 Å². The van der Waals surface area contributed by atoms with Crippen LogP contribution in [0.1, 0.15) is 0 Å². The Morgan fingerprint density at radius 3 is 2.88 bits per heavy atom. The molecular weight excluding hydrogens is 103 g/mol. The van der Waals surface area contributed by atoms with Gasteiger partial charge in [-0.3, -0.25) is 4.68 Å². The lowest BCUT2D eigenvalue weighted by Gasteiger charge is -1.90. The van der Waals surface area contributed by atoms with Crippen LogP contribution >= 0.6 is 0 Å². The lowest BCUT2D eigenvalue weighted by Crippen LogP contribution is -2.21. The molecule has 0 aliphatic carbocycles. The molecule has 1 heterocycles. The van der Waals surface area contributed by atoms with Crippen LogP contribution in [0.3, 0.4) is 0 Å². The molecule has 1 aromatic rings. The van der Waals surface area contributed by atoms with Crippen molar-refractivity contribution in [2.45, 2.75) is 0 Å². The Labute approximate surface area is 48.2 Å². The van der Waals surface area contributed by atoms with Crippen LogP contribution in [0.4, 0.5) is 0 Å². The van der Waals surface area contributed by atoms with E-state index in [1.807, 2.05) is 0 Å². The van der Waals surface area contributed by atoms with E-state index in [-0.39, 0.29) is 7.48 Å². The van der Waals surface area contributed by atoms with E-state index in [2.05, 4.69) is 5.10 Å². The molecule has 0 bridgehead atoms. The molecule has 3 nitrogen and oxygen atoms in total. The first-order valence-electron chi connectivity index (χ1n) is 2.42. The maximum absolute atomic E-state index is 8.55. The Morgan fingerprint density at radius 1 is 1.88 bits per heavy atom. The molecule has 1 aromatic heterocycles. The van der Waals surface area contributed by atoms with E-state index in [1.165, 1.54) is 0 Å². The number of nitrogens with zero attached hydrogens (tertiary/aromatic N) is 2. The van der Waals surface area contributed by atoms with Crippen molar-refractivity contribution >= 4 is 13.1 Å². The molecular formula is C4H7BN2O. The molecule has 0 unspecified atom stereocenters. The van der Waals surface area contributed by atoms with Crippen LogP contribution in [-0.2, 0) is 7.05 Å². The summed E-state index contributed by atoms with van der Waals surface area (Å²) in [5.74, 6) is 0. The third-order valence-corrected chi connectivity index (χ3v) is 1.08. The molecule has 0 aliphatic heterocycles. The van der Waals surface area contributed by atoms with Crippen molar-refractivity contribution in [1.82, 2.24) is 9.78 Å². The molecule has 0 radical (unpaired) electrons. The van der Waals surface area contributed by atoms with E-state index in [9.17, 15) is 0 Å². The summed E-state index contributed by atoms with van der Waals surface area (Å²) < 4.78 is 1.64.